The van der Waals surface area contributed by atoms with Gasteiger partial charge < -0.3 is 16.2 Å². The Morgan fingerprint density at radius 1 is 1.15 bits per heavy atom. The topological polar surface area (TPSA) is 190 Å². The molecular formula is C14H33N3O8S2. The maximum atomic E-state index is 11.5. The number of rotatable bonds is 6. The third kappa shape index (κ3) is 18.3. The van der Waals surface area contributed by atoms with Gasteiger partial charge in [-0.2, -0.15) is 16.8 Å². The summed E-state index contributed by atoms with van der Waals surface area (Å²) in [5.74, 6) is -0.277. The van der Waals surface area contributed by atoms with E-state index in [2.05, 4.69) is 4.90 Å². The SMILES string of the molecule is CC[C@H](C)[C@@](N)(CCN1CCOCC1)C(N)=O.CS(=O)(=O)O.CS(=O)(=O)O. The first-order valence-electron chi connectivity index (χ1n) is 8.24. The largest absolute Gasteiger partial charge is 0.379 e. The van der Waals surface area contributed by atoms with E-state index in [-0.39, 0.29) is 11.8 Å². The van der Waals surface area contributed by atoms with Gasteiger partial charge in [-0.15, -0.1) is 0 Å². The molecule has 0 spiro atoms. The van der Waals surface area contributed by atoms with Gasteiger partial charge in [0.15, 0.2) is 0 Å². The molecule has 0 radical (unpaired) electrons. The highest BCUT2D eigenvalue weighted by Gasteiger charge is 2.37. The Morgan fingerprint density at radius 3 is 1.81 bits per heavy atom. The second-order valence-electron chi connectivity index (χ2n) is 6.38. The molecule has 1 amide bonds. The Kier molecular flexibility index (Phi) is 13.2. The first-order valence-corrected chi connectivity index (χ1v) is 11.9. The van der Waals surface area contributed by atoms with Gasteiger partial charge in [0.05, 0.1) is 31.3 Å². The first kappa shape index (κ1) is 28.4. The Hall–Kier alpha value is -0.830. The summed E-state index contributed by atoms with van der Waals surface area (Å²) in [5.41, 5.74) is 10.8. The Balaban J connectivity index is 0. The number of morpholine rings is 1. The summed E-state index contributed by atoms with van der Waals surface area (Å²) in [7, 11) is -7.33. The van der Waals surface area contributed by atoms with Crippen molar-refractivity contribution in [1.82, 2.24) is 4.90 Å². The zero-order chi connectivity index (χ0) is 21.9. The molecule has 0 aromatic heterocycles. The Labute approximate surface area is 161 Å². The highest BCUT2D eigenvalue weighted by Crippen LogP contribution is 2.22. The standard InChI is InChI=1S/C12H25N3O2.2CH4O3S/c1-3-10(2)12(14,11(13)16)4-5-15-6-8-17-9-7-15;2*1-5(2,3)4/h10H,3-9,14H2,1-2H3,(H2,13,16);2*1H3,(H,2,3,4)/t10-,12-;;/m0../s1. The average molecular weight is 436 g/mol. The lowest BCUT2D eigenvalue weighted by atomic mass is 9.80. The fourth-order valence-corrected chi connectivity index (χ4v) is 2.14. The van der Waals surface area contributed by atoms with Gasteiger partial charge >= 0.3 is 0 Å². The molecule has 27 heavy (non-hydrogen) atoms. The van der Waals surface area contributed by atoms with Crippen molar-refractivity contribution in [3.63, 3.8) is 0 Å². The third-order valence-electron chi connectivity index (χ3n) is 3.90. The van der Waals surface area contributed by atoms with E-state index in [0.717, 1.165) is 39.3 Å². The summed E-state index contributed by atoms with van der Waals surface area (Å²) in [4.78, 5) is 13.8. The van der Waals surface area contributed by atoms with Crippen LogP contribution in [0.2, 0.25) is 0 Å². The van der Waals surface area contributed by atoms with Crippen molar-refractivity contribution < 1.29 is 35.5 Å². The molecule has 0 unspecified atom stereocenters. The van der Waals surface area contributed by atoms with Crippen LogP contribution in [0.15, 0.2) is 0 Å². The number of hydrogen-bond donors (Lipinski definition) is 4. The van der Waals surface area contributed by atoms with Crippen LogP contribution in [0.3, 0.4) is 0 Å². The predicted octanol–water partition coefficient (Wildman–Crippen LogP) is -1.05. The van der Waals surface area contributed by atoms with E-state index >= 15 is 0 Å². The van der Waals surface area contributed by atoms with Crippen LogP contribution in [0.5, 0.6) is 0 Å². The number of hydrogen-bond acceptors (Lipinski definition) is 8. The maximum absolute atomic E-state index is 11.5. The normalized spacial score (nSPS) is 18.8. The van der Waals surface area contributed by atoms with E-state index in [1.807, 2.05) is 13.8 Å². The van der Waals surface area contributed by atoms with Gasteiger partial charge in [0, 0.05) is 19.6 Å². The van der Waals surface area contributed by atoms with Gasteiger partial charge in [-0.1, -0.05) is 20.3 Å². The van der Waals surface area contributed by atoms with Crippen molar-refractivity contribution >= 4 is 26.1 Å². The molecule has 2 atom stereocenters. The van der Waals surface area contributed by atoms with Crippen molar-refractivity contribution in [3.8, 4) is 0 Å². The highest BCUT2D eigenvalue weighted by atomic mass is 32.2. The number of amides is 1. The van der Waals surface area contributed by atoms with Crippen LogP contribution in [-0.2, 0) is 29.8 Å². The lowest BCUT2D eigenvalue weighted by molar-refractivity contribution is -0.125. The molecule has 1 rings (SSSR count). The molecule has 164 valence electrons. The molecule has 1 saturated heterocycles. The van der Waals surface area contributed by atoms with Gasteiger partial charge in [-0.3, -0.25) is 18.8 Å². The molecule has 1 aliphatic rings. The molecular weight excluding hydrogens is 402 g/mol. The molecule has 1 fully saturated rings. The Morgan fingerprint density at radius 2 is 1.52 bits per heavy atom. The van der Waals surface area contributed by atoms with Crippen molar-refractivity contribution in [2.24, 2.45) is 17.4 Å². The van der Waals surface area contributed by atoms with Gasteiger partial charge in [0.2, 0.25) is 5.91 Å². The molecule has 13 heteroatoms. The second kappa shape index (κ2) is 12.6. The fraction of sp³-hybridized carbons (Fsp3) is 0.929. The van der Waals surface area contributed by atoms with Crippen molar-refractivity contribution in [2.75, 3.05) is 45.4 Å². The zero-order valence-electron chi connectivity index (χ0n) is 16.3. The lowest BCUT2D eigenvalue weighted by Crippen LogP contribution is -2.58. The van der Waals surface area contributed by atoms with E-state index in [0.29, 0.717) is 18.9 Å². The van der Waals surface area contributed by atoms with Crippen LogP contribution in [0.1, 0.15) is 26.7 Å². The molecule has 6 N–H and O–H groups in total. The second-order valence-corrected chi connectivity index (χ2v) is 9.32. The smallest absolute Gasteiger partial charge is 0.261 e. The third-order valence-corrected chi connectivity index (χ3v) is 3.90. The van der Waals surface area contributed by atoms with Crippen LogP contribution in [0.25, 0.3) is 0 Å². The number of nitrogens with two attached hydrogens (primary N) is 2. The predicted molar refractivity (Wildman–Crippen MR) is 102 cm³/mol. The minimum absolute atomic E-state index is 0.112. The van der Waals surface area contributed by atoms with Crippen LogP contribution in [-0.4, -0.2) is 87.6 Å². The van der Waals surface area contributed by atoms with E-state index < -0.39 is 25.8 Å². The minimum atomic E-state index is -3.67. The molecule has 0 saturated carbocycles. The van der Waals surface area contributed by atoms with Crippen molar-refractivity contribution in [1.29, 1.82) is 0 Å². The van der Waals surface area contributed by atoms with E-state index in [1.54, 1.807) is 0 Å². The fourth-order valence-electron chi connectivity index (χ4n) is 2.14. The van der Waals surface area contributed by atoms with Crippen LogP contribution >= 0.6 is 0 Å². The zero-order valence-corrected chi connectivity index (χ0v) is 17.9. The number of ether oxygens (including phenoxy) is 1. The summed E-state index contributed by atoms with van der Waals surface area (Å²) in [6.07, 6.45) is 2.92. The van der Waals surface area contributed by atoms with E-state index in [9.17, 15) is 21.6 Å². The summed E-state index contributed by atoms with van der Waals surface area (Å²) in [5, 5.41) is 0. The molecule has 1 aliphatic heterocycles. The summed E-state index contributed by atoms with van der Waals surface area (Å²) in [6, 6.07) is 0. The van der Waals surface area contributed by atoms with Crippen LogP contribution in [0.4, 0.5) is 0 Å². The summed E-state index contributed by atoms with van der Waals surface area (Å²) in [6.45, 7) is 8.18. The van der Waals surface area contributed by atoms with E-state index in [4.69, 9.17) is 25.3 Å². The number of nitrogens with zero attached hydrogens (tertiary/aromatic N) is 1. The molecule has 0 aliphatic carbocycles. The van der Waals surface area contributed by atoms with Crippen molar-refractivity contribution in [2.45, 2.75) is 32.2 Å². The molecule has 0 bridgehead atoms. The highest BCUT2D eigenvalue weighted by molar-refractivity contribution is 7.85. The summed E-state index contributed by atoms with van der Waals surface area (Å²) < 4.78 is 57.0. The number of carbonyl (C=O) groups is 1. The molecule has 0 aromatic rings. The first-order chi connectivity index (χ1) is 12.0. The quantitative estimate of drug-likeness (QED) is 0.374. The van der Waals surface area contributed by atoms with Gasteiger partial charge in [-0.05, 0) is 12.3 Å². The molecule has 0 aromatic carbocycles. The van der Waals surface area contributed by atoms with Gasteiger partial charge in [-0.25, -0.2) is 0 Å². The Bertz CT molecular complexity index is 587. The van der Waals surface area contributed by atoms with Gasteiger partial charge in [0.1, 0.15) is 0 Å². The van der Waals surface area contributed by atoms with Crippen molar-refractivity contribution in [3.05, 3.63) is 0 Å². The van der Waals surface area contributed by atoms with E-state index in [1.165, 1.54) is 0 Å². The summed E-state index contributed by atoms with van der Waals surface area (Å²) >= 11 is 0. The molecule has 11 nitrogen and oxygen atoms in total. The number of carbonyl (C=O) groups excluding carboxylic acids is 1. The lowest BCUT2D eigenvalue weighted by Gasteiger charge is -2.35. The number of primary amides is 1. The maximum Gasteiger partial charge on any atom is 0.261 e. The van der Waals surface area contributed by atoms with Crippen LogP contribution < -0.4 is 11.5 Å². The van der Waals surface area contributed by atoms with Crippen LogP contribution in [0, 0.1) is 5.92 Å². The van der Waals surface area contributed by atoms with Gasteiger partial charge in [0.25, 0.3) is 20.2 Å². The minimum Gasteiger partial charge on any atom is -0.379 e. The monoisotopic (exact) mass is 435 g/mol. The molecule has 1 heterocycles. The average Bonchev–Trinajstić information content (AvgIpc) is 2.49.